The summed E-state index contributed by atoms with van der Waals surface area (Å²) >= 11 is 9.68. The van der Waals surface area contributed by atoms with E-state index in [1.54, 1.807) is 0 Å². The molecule has 1 N–H and O–H groups in total. The molecule has 0 saturated heterocycles. The topological polar surface area (TPSA) is 37.3 Å². The van der Waals surface area contributed by atoms with Gasteiger partial charge in [0.15, 0.2) is 0 Å². The van der Waals surface area contributed by atoms with E-state index in [2.05, 4.69) is 15.9 Å². The SMILES string of the molecule is CC(C)(CC(=O)O)CC(F)(F)c1cc(Cl)c(Br)s1. The minimum absolute atomic E-state index is 0.155. The molecule has 7 heteroatoms. The highest BCUT2D eigenvalue weighted by molar-refractivity contribution is 9.11. The van der Waals surface area contributed by atoms with Crippen LogP contribution in [0.1, 0.15) is 31.6 Å². The van der Waals surface area contributed by atoms with Crippen molar-refractivity contribution >= 4 is 44.8 Å². The molecule has 0 aromatic carbocycles. The van der Waals surface area contributed by atoms with Crippen molar-refractivity contribution in [2.45, 2.75) is 32.6 Å². The van der Waals surface area contributed by atoms with Crippen molar-refractivity contribution < 1.29 is 18.7 Å². The van der Waals surface area contributed by atoms with Crippen LogP contribution in [0.25, 0.3) is 0 Å². The zero-order valence-electron chi connectivity index (χ0n) is 9.77. The summed E-state index contributed by atoms with van der Waals surface area (Å²) in [6.07, 6.45) is -0.835. The van der Waals surface area contributed by atoms with Gasteiger partial charge >= 0.3 is 5.97 Å². The van der Waals surface area contributed by atoms with Gasteiger partial charge in [0.1, 0.15) is 0 Å². The Morgan fingerprint density at radius 1 is 1.56 bits per heavy atom. The van der Waals surface area contributed by atoms with Crippen LogP contribution in [0.15, 0.2) is 9.85 Å². The fourth-order valence-corrected chi connectivity index (χ4v) is 3.36. The maximum atomic E-state index is 14.0. The highest BCUT2D eigenvalue weighted by Gasteiger charge is 2.41. The molecule has 0 saturated carbocycles. The first-order valence-corrected chi connectivity index (χ1v) is 7.07. The van der Waals surface area contributed by atoms with Gasteiger partial charge in [-0.05, 0) is 27.4 Å². The fourth-order valence-electron chi connectivity index (χ4n) is 1.69. The van der Waals surface area contributed by atoms with Crippen molar-refractivity contribution in [3.05, 3.63) is 19.8 Å². The van der Waals surface area contributed by atoms with Crippen molar-refractivity contribution in [1.29, 1.82) is 0 Å². The Balaban J connectivity index is 2.90. The van der Waals surface area contributed by atoms with E-state index < -0.39 is 23.7 Å². The molecule has 2 nitrogen and oxygen atoms in total. The average molecular weight is 362 g/mol. The van der Waals surface area contributed by atoms with E-state index in [1.807, 2.05) is 0 Å². The highest BCUT2D eigenvalue weighted by atomic mass is 79.9. The second-order valence-electron chi connectivity index (χ2n) is 4.85. The van der Waals surface area contributed by atoms with Gasteiger partial charge in [-0.1, -0.05) is 25.4 Å². The number of rotatable bonds is 5. The van der Waals surface area contributed by atoms with Gasteiger partial charge in [0.2, 0.25) is 0 Å². The largest absolute Gasteiger partial charge is 0.481 e. The van der Waals surface area contributed by atoms with Gasteiger partial charge in [-0.3, -0.25) is 4.79 Å². The minimum Gasteiger partial charge on any atom is -0.481 e. The van der Waals surface area contributed by atoms with E-state index in [9.17, 15) is 13.6 Å². The third-order valence-electron chi connectivity index (χ3n) is 2.34. The number of halogens is 4. The van der Waals surface area contributed by atoms with Gasteiger partial charge in [-0.15, -0.1) is 11.3 Å². The summed E-state index contributed by atoms with van der Waals surface area (Å²) in [5.74, 6) is -4.17. The van der Waals surface area contributed by atoms with Crippen LogP contribution in [0.5, 0.6) is 0 Å². The maximum Gasteiger partial charge on any atom is 0.303 e. The lowest BCUT2D eigenvalue weighted by molar-refractivity contribution is -0.140. The molecule has 0 atom stereocenters. The molecular weight excluding hydrogens is 350 g/mol. The van der Waals surface area contributed by atoms with Crippen LogP contribution >= 0.6 is 38.9 Å². The van der Waals surface area contributed by atoms with Crippen molar-refractivity contribution in [2.75, 3.05) is 0 Å². The Hall–Kier alpha value is -0.200. The normalized spacial score (nSPS) is 12.8. The summed E-state index contributed by atoms with van der Waals surface area (Å²) in [7, 11) is 0. The van der Waals surface area contributed by atoms with Crippen LogP contribution in [0.4, 0.5) is 8.78 Å². The zero-order chi connectivity index (χ0) is 14.1. The predicted molar refractivity (Wildman–Crippen MR) is 71.6 cm³/mol. The van der Waals surface area contributed by atoms with Crippen molar-refractivity contribution in [2.24, 2.45) is 5.41 Å². The maximum absolute atomic E-state index is 14.0. The smallest absolute Gasteiger partial charge is 0.303 e. The summed E-state index contributed by atoms with van der Waals surface area (Å²) in [5.41, 5.74) is -0.988. The monoisotopic (exact) mass is 360 g/mol. The molecule has 1 heterocycles. The van der Waals surface area contributed by atoms with Gasteiger partial charge in [0.25, 0.3) is 5.92 Å². The van der Waals surface area contributed by atoms with Crippen LogP contribution in [0.2, 0.25) is 5.02 Å². The Labute approximate surface area is 121 Å². The molecule has 0 aliphatic rings. The van der Waals surface area contributed by atoms with Gasteiger partial charge in [-0.2, -0.15) is 0 Å². The molecule has 0 fully saturated rings. The average Bonchev–Trinajstić information content (AvgIpc) is 2.42. The minimum atomic E-state index is -3.08. The van der Waals surface area contributed by atoms with E-state index in [4.69, 9.17) is 16.7 Å². The molecule has 0 bridgehead atoms. The first-order valence-electron chi connectivity index (χ1n) is 5.08. The molecule has 0 spiro atoms. The van der Waals surface area contributed by atoms with Crippen LogP contribution in [-0.4, -0.2) is 11.1 Å². The van der Waals surface area contributed by atoms with E-state index >= 15 is 0 Å². The van der Waals surface area contributed by atoms with Gasteiger partial charge < -0.3 is 5.11 Å². The second-order valence-corrected chi connectivity index (χ2v) is 7.63. The Morgan fingerprint density at radius 2 is 2.11 bits per heavy atom. The lowest BCUT2D eigenvalue weighted by atomic mass is 9.82. The zero-order valence-corrected chi connectivity index (χ0v) is 12.9. The van der Waals surface area contributed by atoms with Gasteiger partial charge in [-0.25, -0.2) is 8.78 Å². The van der Waals surface area contributed by atoms with Crippen molar-refractivity contribution in [3.8, 4) is 0 Å². The van der Waals surface area contributed by atoms with E-state index in [1.165, 1.54) is 19.9 Å². The predicted octanol–water partition coefficient (Wildman–Crippen LogP) is 5.15. The number of thiophene rings is 1. The molecule has 18 heavy (non-hydrogen) atoms. The van der Waals surface area contributed by atoms with E-state index in [0.717, 1.165) is 11.3 Å². The number of carboxylic acids is 1. The summed E-state index contributed by atoms with van der Waals surface area (Å²) < 4.78 is 28.5. The molecular formula is C11H12BrClF2O2S. The molecule has 102 valence electrons. The van der Waals surface area contributed by atoms with E-state index in [-0.39, 0.29) is 16.3 Å². The van der Waals surface area contributed by atoms with Crippen LogP contribution in [0, 0.1) is 5.41 Å². The lowest BCUT2D eigenvalue weighted by Gasteiger charge is -2.27. The molecule has 1 aromatic rings. The van der Waals surface area contributed by atoms with Crippen molar-refractivity contribution in [3.63, 3.8) is 0 Å². The molecule has 0 unspecified atom stereocenters. The number of carboxylic acid groups (broad SMARTS) is 1. The highest BCUT2D eigenvalue weighted by Crippen LogP contribution is 2.46. The first-order chi connectivity index (χ1) is 8.03. The molecule has 1 rings (SSSR count). The van der Waals surface area contributed by atoms with Crippen LogP contribution in [-0.2, 0) is 10.7 Å². The summed E-state index contributed by atoms with van der Waals surface area (Å²) in [6, 6.07) is 1.22. The lowest BCUT2D eigenvalue weighted by Crippen LogP contribution is -2.26. The quantitative estimate of drug-likeness (QED) is 0.788. The number of hydrogen-bond acceptors (Lipinski definition) is 2. The summed E-state index contributed by atoms with van der Waals surface area (Å²) in [5, 5.41) is 8.94. The molecule has 1 aromatic heterocycles. The van der Waals surface area contributed by atoms with Gasteiger partial charge in [0, 0.05) is 6.42 Å². The number of aliphatic carboxylic acids is 1. The van der Waals surface area contributed by atoms with Crippen molar-refractivity contribution in [1.82, 2.24) is 0 Å². The van der Waals surface area contributed by atoms with Gasteiger partial charge in [0.05, 0.1) is 20.1 Å². The van der Waals surface area contributed by atoms with E-state index in [0.29, 0.717) is 3.79 Å². The molecule has 0 aliphatic heterocycles. The summed E-state index contributed by atoms with van der Waals surface area (Å²) in [6.45, 7) is 3.03. The molecule has 0 aliphatic carbocycles. The van der Waals surface area contributed by atoms with Crippen LogP contribution in [0.3, 0.4) is 0 Å². The van der Waals surface area contributed by atoms with Crippen LogP contribution < -0.4 is 0 Å². The fraction of sp³-hybridized carbons (Fsp3) is 0.545. The summed E-state index contributed by atoms with van der Waals surface area (Å²) in [4.78, 5) is 10.5. The first kappa shape index (κ1) is 15.9. The molecule has 0 radical (unpaired) electrons. The third kappa shape index (κ3) is 4.17. The number of alkyl halides is 2. The Bertz CT molecular complexity index is 440. The molecule has 0 amide bonds. The number of carbonyl (C=O) groups is 1. The third-order valence-corrected chi connectivity index (χ3v) is 4.92. The Kier molecular flexibility index (Phi) is 4.78. The standard InChI is InChI=1S/C11H12BrClF2O2S/c1-10(2,4-8(16)17)5-11(14,15)7-3-6(13)9(12)18-7/h3H,4-5H2,1-2H3,(H,16,17). The second kappa shape index (κ2) is 5.43. The number of hydrogen-bond donors (Lipinski definition) is 1. The Morgan fingerprint density at radius 3 is 2.50 bits per heavy atom.